The van der Waals surface area contributed by atoms with Gasteiger partial charge < -0.3 is 9.66 Å². The van der Waals surface area contributed by atoms with Crippen molar-refractivity contribution in [2.75, 3.05) is 6.61 Å². The number of aliphatic hydroxyl groups is 1. The first-order chi connectivity index (χ1) is 5.45. The highest BCUT2D eigenvalue weighted by molar-refractivity contribution is 7.74. The predicted molar refractivity (Wildman–Crippen MR) is 40.7 cm³/mol. The van der Waals surface area contributed by atoms with Crippen LogP contribution in [0.15, 0.2) is 12.2 Å². The van der Waals surface area contributed by atoms with Crippen LogP contribution >= 0.6 is 0 Å². The molecule has 5 nitrogen and oxygen atoms in total. The zero-order valence-corrected chi connectivity index (χ0v) is 7.30. The third-order valence-electron chi connectivity index (χ3n) is 1.05. The second-order valence-corrected chi connectivity index (χ2v) is 2.79. The number of carbonyl (C=O) groups is 1. The molecule has 0 amide bonds. The van der Waals surface area contributed by atoms with Crippen LogP contribution in [0.2, 0.25) is 0 Å². The molecule has 6 heteroatoms. The fourth-order valence-electron chi connectivity index (χ4n) is 0.480. The van der Waals surface area contributed by atoms with Crippen LogP contribution in [0.5, 0.6) is 0 Å². The molecule has 0 aromatic carbocycles. The molecule has 0 saturated heterocycles. The average Bonchev–Trinajstić information content (AvgIpc) is 1.98. The number of aliphatic hydroxyl groups excluding tert-OH is 1. The maximum Gasteiger partial charge on any atom is 0.188 e. The van der Waals surface area contributed by atoms with E-state index < -0.39 is 29.9 Å². The van der Waals surface area contributed by atoms with Crippen LogP contribution in [0.25, 0.3) is 0 Å². The van der Waals surface area contributed by atoms with Gasteiger partial charge in [-0.05, 0) is 12.5 Å². The van der Waals surface area contributed by atoms with Gasteiger partial charge in [0.05, 0.1) is 18.0 Å². The van der Waals surface area contributed by atoms with E-state index in [4.69, 9.17) is 5.11 Å². The van der Waals surface area contributed by atoms with E-state index in [1.54, 1.807) is 0 Å². The smallest absolute Gasteiger partial charge is 0.188 e. The molecule has 70 valence electrons. The standard InChI is InChI=1S/C6H10O5S/c1-4(2)6(8)5(7)3-11-12(9)10/h5,7H,1,3H2,2H3,(H,9,10)/p-1. The lowest BCUT2D eigenvalue weighted by Gasteiger charge is -2.10. The van der Waals surface area contributed by atoms with Gasteiger partial charge in [-0.15, -0.1) is 0 Å². The van der Waals surface area contributed by atoms with E-state index in [9.17, 15) is 13.6 Å². The summed E-state index contributed by atoms with van der Waals surface area (Å²) in [5.41, 5.74) is 0.155. The highest BCUT2D eigenvalue weighted by Gasteiger charge is 2.15. The highest BCUT2D eigenvalue weighted by Crippen LogP contribution is 1.97. The van der Waals surface area contributed by atoms with E-state index in [0.717, 1.165) is 0 Å². The van der Waals surface area contributed by atoms with Crippen molar-refractivity contribution in [1.82, 2.24) is 0 Å². The normalized spacial score (nSPS) is 15.2. The Balaban J connectivity index is 3.87. The number of hydrogen-bond donors (Lipinski definition) is 1. The molecular formula is C6H9O5S-. The zero-order valence-electron chi connectivity index (χ0n) is 6.48. The van der Waals surface area contributed by atoms with Crippen molar-refractivity contribution in [2.24, 2.45) is 0 Å². The predicted octanol–water partition coefficient (Wildman–Crippen LogP) is -0.697. The summed E-state index contributed by atoms with van der Waals surface area (Å²) in [7, 11) is 0. The third-order valence-corrected chi connectivity index (χ3v) is 1.37. The fourth-order valence-corrected chi connectivity index (χ4v) is 0.720. The van der Waals surface area contributed by atoms with Crippen molar-refractivity contribution >= 4 is 17.1 Å². The first-order valence-electron chi connectivity index (χ1n) is 3.05. The second-order valence-electron chi connectivity index (χ2n) is 2.15. The molecule has 2 unspecified atom stereocenters. The van der Waals surface area contributed by atoms with E-state index in [1.165, 1.54) is 6.92 Å². The van der Waals surface area contributed by atoms with Crippen LogP contribution in [-0.2, 0) is 20.3 Å². The Hall–Kier alpha value is -0.560. The number of hydrogen-bond acceptors (Lipinski definition) is 5. The van der Waals surface area contributed by atoms with Gasteiger partial charge in [-0.2, -0.15) is 0 Å². The Labute approximate surface area is 72.5 Å². The van der Waals surface area contributed by atoms with Crippen molar-refractivity contribution < 1.29 is 22.8 Å². The van der Waals surface area contributed by atoms with E-state index >= 15 is 0 Å². The summed E-state index contributed by atoms with van der Waals surface area (Å²) in [5.74, 6) is -0.625. The topological polar surface area (TPSA) is 86.7 Å². The van der Waals surface area contributed by atoms with E-state index in [0.29, 0.717) is 0 Å². The maximum absolute atomic E-state index is 10.8. The molecule has 0 aliphatic carbocycles. The first kappa shape index (κ1) is 11.4. The Kier molecular flexibility index (Phi) is 4.91. The summed E-state index contributed by atoms with van der Waals surface area (Å²) in [6.07, 6.45) is -1.46. The Morgan fingerprint density at radius 2 is 2.33 bits per heavy atom. The molecule has 1 N–H and O–H groups in total. The summed E-state index contributed by atoms with van der Waals surface area (Å²) < 4.78 is 23.6. The molecule has 0 fully saturated rings. The lowest BCUT2D eigenvalue weighted by atomic mass is 10.1. The minimum absolute atomic E-state index is 0.155. The van der Waals surface area contributed by atoms with Gasteiger partial charge in [-0.25, -0.2) is 4.21 Å². The minimum Gasteiger partial charge on any atom is -0.750 e. The van der Waals surface area contributed by atoms with Gasteiger partial charge in [0.2, 0.25) is 0 Å². The van der Waals surface area contributed by atoms with E-state index in [1.807, 2.05) is 0 Å². The van der Waals surface area contributed by atoms with Crippen LogP contribution in [-0.4, -0.2) is 32.4 Å². The summed E-state index contributed by atoms with van der Waals surface area (Å²) in [5, 5.41) is 8.93. The zero-order chi connectivity index (χ0) is 9.72. The van der Waals surface area contributed by atoms with Crippen LogP contribution in [0, 0.1) is 0 Å². The van der Waals surface area contributed by atoms with Gasteiger partial charge in [0.15, 0.2) is 5.78 Å². The fraction of sp³-hybridized carbons (Fsp3) is 0.500. The van der Waals surface area contributed by atoms with Gasteiger partial charge >= 0.3 is 0 Å². The molecule has 0 aliphatic rings. The van der Waals surface area contributed by atoms with Crippen molar-refractivity contribution in [1.29, 1.82) is 0 Å². The molecule has 0 aromatic rings. The van der Waals surface area contributed by atoms with Gasteiger partial charge in [0, 0.05) is 0 Å². The lowest BCUT2D eigenvalue weighted by molar-refractivity contribution is -0.124. The minimum atomic E-state index is -2.71. The molecule has 0 radical (unpaired) electrons. The molecule has 2 atom stereocenters. The molecule has 0 aliphatic heterocycles. The molecule has 0 bridgehead atoms. The Morgan fingerprint density at radius 3 is 2.67 bits per heavy atom. The summed E-state index contributed by atoms with van der Waals surface area (Å²) >= 11 is -2.71. The summed E-state index contributed by atoms with van der Waals surface area (Å²) in [6.45, 7) is 4.13. The molecule has 0 saturated carbocycles. The van der Waals surface area contributed by atoms with Crippen LogP contribution in [0.1, 0.15) is 6.92 Å². The summed E-state index contributed by atoms with van der Waals surface area (Å²) in [6, 6.07) is 0. The quantitative estimate of drug-likeness (QED) is 0.461. The number of Topliss-reactive ketones (excluding diaryl/α,β-unsaturated/α-hetero) is 1. The van der Waals surface area contributed by atoms with Crippen LogP contribution in [0.4, 0.5) is 0 Å². The highest BCUT2D eigenvalue weighted by atomic mass is 32.2. The summed E-state index contributed by atoms with van der Waals surface area (Å²) in [4.78, 5) is 10.8. The number of carbonyl (C=O) groups excluding carboxylic acids is 1. The van der Waals surface area contributed by atoms with Crippen LogP contribution < -0.4 is 0 Å². The first-order valence-corrected chi connectivity index (χ1v) is 4.05. The van der Waals surface area contributed by atoms with Crippen molar-refractivity contribution in [3.8, 4) is 0 Å². The largest absolute Gasteiger partial charge is 0.750 e. The second kappa shape index (κ2) is 5.15. The van der Waals surface area contributed by atoms with Gasteiger partial charge in [0.1, 0.15) is 6.10 Å². The Bertz CT molecular complexity index is 212. The van der Waals surface area contributed by atoms with Crippen LogP contribution in [0.3, 0.4) is 0 Å². The SMILES string of the molecule is C=C(C)C(=O)C(O)COS(=O)[O-]. The van der Waals surface area contributed by atoms with Gasteiger partial charge in [-0.3, -0.25) is 8.98 Å². The van der Waals surface area contributed by atoms with Crippen molar-refractivity contribution in [3.63, 3.8) is 0 Å². The van der Waals surface area contributed by atoms with Crippen molar-refractivity contribution in [3.05, 3.63) is 12.2 Å². The molecule has 0 rings (SSSR count). The van der Waals surface area contributed by atoms with Gasteiger partial charge in [-0.1, -0.05) is 6.58 Å². The molecule has 0 heterocycles. The lowest BCUT2D eigenvalue weighted by Crippen LogP contribution is -2.26. The van der Waals surface area contributed by atoms with Gasteiger partial charge in [0.25, 0.3) is 0 Å². The van der Waals surface area contributed by atoms with E-state index in [2.05, 4.69) is 10.8 Å². The number of rotatable bonds is 5. The average molecular weight is 193 g/mol. The number of ketones is 1. The van der Waals surface area contributed by atoms with E-state index in [-0.39, 0.29) is 5.57 Å². The molecule has 12 heavy (non-hydrogen) atoms. The molecular weight excluding hydrogens is 184 g/mol. The molecule has 0 aromatic heterocycles. The maximum atomic E-state index is 10.8. The Morgan fingerprint density at radius 1 is 1.83 bits per heavy atom. The van der Waals surface area contributed by atoms with Crippen molar-refractivity contribution in [2.45, 2.75) is 13.0 Å². The third kappa shape index (κ3) is 4.35. The monoisotopic (exact) mass is 193 g/mol. The molecule has 0 spiro atoms.